The van der Waals surface area contributed by atoms with E-state index in [1.165, 1.54) is 12.1 Å². The summed E-state index contributed by atoms with van der Waals surface area (Å²) in [6, 6.07) is 6.63. The summed E-state index contributed by atoms with van der Waals surface area (Å²) in [5.41, 5.74) is 5.08. The Bertz CT molecular complexity index is 927. The minimum atomic E-state index is -1.79. The van der Waals surface area contributed by atoms with Gasteiger partial charge in [0.25, 0.3) is 5.91 Å². The molecule has 2 fully saturated rings. The van der Waals surface area contributed by atoms with Crippen LogP contribution >= 0.6 is 0 Å². The maximum Gasteiger partial charge on any atom is 0.260 e. The lowest BCUT2D eigenvalue weighted by molar-refractivity contribution is -0.149. The molecule has 2 N–H and O–H groups in total. The van der Waals surface area contributed by atoms with Crippen LogP contribution in [-0.2, 0) is 11.2 Å². The zero-order valence-corrected chi connectivity index (χ0v) is 18.8. The van der Waals surface area contributed by atoms with Crippen molar-refractivity contribution in [1.82, 2.24) is 19.8 Å². The van der Waals surface area contributed by atoms with Gasteiger partial charge in [0.15, 0.2) is 5.67 Å². The van der Waals surface area contributed by atoms with Crippen LogP contribution in [-0.4, -0.2) is 70.2 Å². The van der Waals surface area contributed by atoms with Crippen molar-refractivity contribution in [3.8, 4) is 5.88 Å². The lowest BCUT2D eigenvalue weighted by Gasteiger charge is -2.40. The van der Waals surface area contributed by atoms with Gasteiger partial charge < -0.3 is 20.3 Å². The van der Waals surface area contributed by atoms with Gasteiger partial charge in [-0.05, 0) is 43.1 Å². The van der Waals surface area contributed by atoms with Gasteiger partial charge >= 0.3 is 0 Å². The van der Waals surface area contributed by atoms with E-state index in [0.717, 1.165) is 31.1 Å². The van der Waals surface area contributed by atoms with Gasteiger partial charge in [0, 0.05) is 64.1 Å². The van der Waals surface area contributed by atoms with Gasteiger partial charge in [-0.1, -0.05) is 0 Å². The van der Waals surface area contributed by atoms with Crippen LogP contribution in [0.3, 0.4) is 0 Å². The number of amides is 1. The Balaban J connectivity index is 1.19. The van der Waals surface area contributed by atoms with Gasteiger partial charge in [-0.2, -0.15) is 0 Å². The molecule has 2 aromatic rings. The van der Waals surface area contributed by atoms with E-state index in [4.69, 9.17) is 10.5 Å². The number of carbonyl (C=O) groups excluding carboxylic acids is 1. The van der Waals surface area contributed by atoms with Crippen molar-refractivity contribution >= 4 is 11.7 Å². The van der Waals surface area contributed by atoms with Gasteiger partial charge in [0.05, 0.1) is 6.20 Å². The lowest BCUT2D eigenvalue weighted by atomic mass is 9.90. The van der Waals surface area contributed by atoms with Crippen LogP contribution in [0.4, 0.5) is 14.6 Å². The first kappa shape index (κ1) is 23.4. The quantitative estimate of drug-likeness (QED) is 0.685. The van der Waals surface area contributed by atoms with E-state index in [0.29, 0.717) is 50.7 Å². The van der Waals surface area contributed by atoms with Crippen LogP contribution in [0.2, 0.25) is 0 Å². The Morgan fingerprint density at radius 3 is 2.58 bits per heavy atom. The largest absolute Gasteiger partial charge is 0.474 e. The number of nitrogen functional groups attached to an aromatic ring is 1. The van der Waals surface area contributed by atoms with Crippen molar-refractivity contribution < 1.29 is 18.3 Å². The Morgan fingerprint density at radius 2 is 1.91 bits per heavy atom. The second-order valence-corrected chi connectivity index (χ2v) is 8.92. The number of carbonyl (C=O) groups is 1. The molecule has 0 aliphatic carbocycles. The maximum atomic E-state index is 15.5. The highest BCUT2D eigenvalue weighted by Crippen LogP contribution is 2.30. The number of alkyl halides is 1. The predicted octanol–water partition coefficient (Wildman–Crippen LogP) is 3.00. The fourth-order valence-corrected chi connectivity index (χ4v) is 4.56. The van der Waals surface area contributed by atoms with Crippen molar-refractivity contribution in [3.63, 3.8) is 0 Å². The first-order valence-electron chi connectivity index (χ1n) is 11.6. The predicted molar refractivity (Wildman–Crippen MR) is 121 cm³/mol. The van der Waals surface area contributed by atoms with Gasteiger partial charge in [-0.25, -0.2) is 18.7 Å². The Kier molecular flexibility index (Phi) is 7.37. The van der Waals surface area contributed by atoms with Gasteiger partial charge in [-0.15, -0.1) is 0 Å². The molecule has 0 saturated carbocycles. The number of pyridine rings is 2. The molecule has 2 aliphatic heterocycles. The standard InChI is InChI=1S/C24H31F2N5O2/c25-19-3-4-22(29-17-19)33-20-6-12-31(13-7-20)23(32)24(26)8-14-30(15-9-24)11-1-2-18-5-10-28-21(27)16-18/h3-5,10,16-17,20H,1-2,6-9,11-15H2,(H2,27,28). The number of hydrogen-bond donors (Lipinski definition) is 1. The fourth-order valence-electron chi connectivity index (χ4n) is 4.56. The summed E-state index contributed by atoms with van der Waals surface area (Å²) in [4.78, 5) is 24.7. The molecule has 0 bridgehead atoms. The van der Waals surface area contributed by atoms with E-state index in [1.807, 2.05) is 12.1 Å². The molecule has 0 radical (unpaired) electrons. The minimum Gasteiger partial charge on any atom is -0.474 e. The number of halogens is 2. The number of rotatable bonds is 7. The number of piperidine rings is 2. The molecule has 4 heterocycles. The highest BCUT2D eigenvalue weighted by molar-refractivity contribution is 5.85. The average Bonchev–Trinajstić information content (AvgIpc) is 2.82. The topological polar surface area (TPSA) is 84.6 Å². The van der Waals surface area contributed by atoms with Crippen LogP contribution in [0, 0.1) is 5.82 Å². The molecule has 4 rings (SSSR count). The maximum absolute atomic E-state index is 15.5. The summed E-state index contributed by atoms with van der Waals surface area (Å²) < 4.78 is 34.3. The second kappa shape index (κ2) is 10.4. The summed E-state index contributed by atoms with van der Waals surface area (Å²) in [6.45, 7) is 2.93. The highest BCUT2D eigenvalue weighted by Gasteiger charge is 2.44. The smallest absolute Gasteiger partial charge is 0.260 e. The third kappa shape index (κ3) is 6.16. The minimum absolute atomic E-state index is 0.111. The molecule has 2 aromatic heterocycles. The number of hydrogen-bond acceptors (Lipinski definition) is 6. The third-order valence-electron chi connectivity index (χ3n) is 6.53. The Morgan fingerprint density at radius 1 is 1.15 bits per heavy atom. The molecule has 2 saturated heterocycles. The van der Waals surface area contributed by atoms with E-state index in [2.05, 4.69) is 14.9 Å². The number of anilines is 1. The lowest BCUT2D eigenvalue weighted by Crippen LogP contribution is -2.54. The van der Waals surface area contributed by atoms with Gasteiger partial charge in [-0.3, -0.25) is 4.79 Å². The molecule has 33 heavy (non-hydrogen) atoms. The van der Waals surface area contributed by atoms with Crippen LogP contribution < -0.4 is 10.5 Å². The molecule has 9 heteroatoms. The molecule has 0 atom stereocenters. The number of aromatic nitrogens is 2. The highest BCUT2D eigenvalue weighted by atomic mass is 19.1. The van der Waals surface area contributed by atoms with Crippen LogP contribution in [0.15, 0.2) is 36.7 Å². The number of aryl methyl sites for hydroxylation is 1. The van der Waals surface area contributed by atoms with E-state index in [9.17, 15) is 9.18 Å². The monoisotopic (exact) mass is 459 g/mol. The van der Waals surface area contributed by atoms with E-state index >= 15 is 4.39 Å². The fraction of sp³-hybridized carbons (Fsp3) is 0.542. The van der Waals surface area contributed by atoms with Gasteiger partial charge in [0.1, 0.15) is 17.7 Å². The number of nitrogens with two attached hydrogens (primary N) is 1. The molecule has 0 unspecified atom stereocenters. The summed E-state index contributed by atoms with van der Waals surface area (Å²) in [5.74, 6) is 0.0746. The summed E-state index contributed by atoms with van der Waals surface area (Å²) in [6.07, 6.45) is 6.22. The van der Waals surface area contributed by atoms with Crippen molar-refractivity contribution in [2.45, 2.75) is 50.3 Å². The molecule has 0 aromatic carbocycles. The number of likely N-dealkylation sites (tertiary alicyclic amines) is 2. The SMILES string of the molecule is Nc1cc(CCCN2CCC(F)(C(=O)N3CCC(Oc4ccc(F)cn4)CC3)CC2)ccn1. The van der Waals surface area contributed by atoms with Gasteiger partial charge in [0.2, 0.25) is 5.88 Å². The Labute approximate surface area is 192 Å². The molecular formula is C24H31F2N5O2. The van der Waals surface area contributed by atoms with Crippen molar-refractivity contribution in [2.24, 2.45) is 0 Å². The zero-order chi connectivity index (χ0) is 23.3. The van der Waals surface area contributed by atoms with Crippen LogP contribution in [0.1, 0.15) is 37.7 Å². The van der Waals surface area contributed by atoms with Crippen LogP contribution in [0.5, 0.6) is 5.88 Å². The molecule has 178 valence electrons. The summed E-state index contributed by atoms with van der Waals surface area (Å²) in [5, 5.41) is 0. The van der Waals surface area contributed by atoms with E-state index in [1.54, 1.807) is 11.1 Å². The average molecular weight is 460 g/mol. The third-order valence-corrected chi connectivity index (χ3v) is 6.53. The van der Waals surface area contributed by atoms with E-state index in [-0.39, 0.29) is 18.9 Å². The summed E-state index contributed by atoms with van der Waals surface area (Å²) >= 11 is 0. The normalized spacial score (nSPS) is 19.4. The zero-order valence-electron chi connectivity index (χ0n) is 18.8. The Hall–Kier alpha value is -2.81. The van der Waals surface area contributed by atoms with Crippen molar-refractivity contribution in [2.75, 3.05) is 38.5 Å². The van der Waals surface area contributed by atoms with E-state index < -0.39 is 17.4 Å². The first-order valence-corrected chi connectivity index (χ1v) is 11.6. The summed E-state index contributed by atoms with van der Waals surface area (Å²) in [7, 11) is 0. The molecule has 1 amide bonds. The first-order chi connectivity index (χ1) is 15.9. The second-order valence-electron chi connectivity index (χ2n) is 8.92. The molecule has 2 aliphatic rings. The van der Waals surface area contributed by atoms with Crippen LogP contribution in [0.25, 0.3) is 0 Å². The van der Waals surface area contributed by atoms with Crippen molar-refractivity contribution in [1.29, 1.82) is 0 Å². The number of nitrogens with zero attached hydrogens (tertiary/aromatic N) is 4. The molecule has 0 spiro atoms. The molecular weight excluding hydrogens is 428 g/mol. The number of ether oxygens (including phenoxy) is 1. The molecule has 7 nitrogen and oxygen atoms in total. The van der Waals surface area contributed by atoms with Crippen molar-refractivity contribution in [3.05, 3.63) is 48.0 Å².